The summed E-state index contributed by atoms with van der Waals surface area (Å²) in [6.45, 7) is 1.81. The first-order chi connectivity index (χ1) is 8.33. The predicted molar refractivity (Wildman–Crippen MR) is 68.8 cm³/mol. The van der Waals surface area contributed by atoms with E-state index in [1.165, 1.54) is 5.56 Å². The molecule has 0 radical (unpaired) electrons. The number of nitrogens with two attached hydrogens (primary N) is 1. The summed E-state index contributed by atoms with van der Waals surface area (Å²) in [4.78, 5) is 3.30. The molecule has 0 unspecified atom stereocenters. The molecule has 0 amide bonds. The van der Waals surface area contributed by atoms with Gasteiger partial charge in [0, 0.05) is 19.6 Å². The van der Waals surface area contributed by atoms with Crippen molar-refractivity contribution in [1.82, 2.24) is 0 Å². The molecule has 1 aliphatic heterocycles. The number of halogens is 1. The highest BCUT2D eigenvalue weighted by molar-refractivity contribution is 5.83. The summed E-state index contributed by atoms with van der Waals surface area (Å²) < 4.78 is 5.11. The fourth-order valence-electron chi connectivity index (χ4n) is 2.60. The van der Waals surface area contributed by atoms with Crippen molar-refractivity contribution >= 4 is 5.84 Å². The van der Waals surface area contributed by atoms with Gasteiger partial charge in [0.25, 0.3) is 0 Å². The molecule has 1 aromatic carbocycles. The molecular formula is C14H21ClN2O. The molecule has 1 aliphatic rings. The van der Waals surface area contributed by atoms with E-state index in [9.17, 15) is 0 Å². The second-order valence-electron chi connectivity index (χ2n) is 4.62. The van der Waals surface area contributed by atoms with Gasteiger partial charge in [0.1, 0.15) is 0 Å². The lowest BCUT2D eigenvalue weighted by Gasteiger charge is -2.16. The average Bonchev–Trinajstić information content (AvgIpc) is 2.72. The molecule has 0 spiro atoms. The largest absolute Gasteiger partial charge is 1.00 e. The molecule has 0 saturated carbocycles. The Bertz CT molecular complexity index is 381. The molecule has 100 valence electrons. The van der Waals surface area contributed by atoms with Crippen LogP contribution in [0.15, 0.2) is 30.3 Å². The van der Waals surface area contributed by atoms with Crippen molar-refractivity contribution in [3.63, 3.8) is 0 Å². The summed E-state index contributed by atoms with van der Waals surface area (Å²) in [6, 6.07) is 10.5. The van der Waals surface area contributed by atoms with Crippen molar-refractivity contribution in [1.29, 1.82) is 0 Å². The van der Waals surface area contributed by atoms with Gasteiger partial charge in [-0.3, -0.25) is 10.7 Å². The van der Waals surface area contributed by atoms with Gasteiger partial charge in [-0.1, -0.05) is 30.3 Å². The molecule has 2 rings (SSSR count). The van der Waals surface area contributed by atoms with E-state index in [4.69, 9.17) is 10.5 Å². The van der Waals surface area contributed by atoms with Crippen molar-refractivity contribution in [3.05, 3.63) is 35.9 Å². The van der Waals surface area contributed by atoms with Gasteiger partial charge in [-0.25, -0.2) is 0 Å². The molecule has 0 aromatic heterocycles. The summed E-state index contributed by atoms with van der Waals surface area (Å²) in [5.74, 6) is 1.86. The molecule has 2 atom stereocenters. The molecule has 0 saturated heterocycles. The van der Waals surface area contributed by atoms with Gasteiger partial charge in [-0.05, 0) is 18.4 Å². The zero-order chi connectivity index (χ0) is 12.1. The van der Waals surface area contributed by atoms with Crippen molar-refractivity contribution < 1.29 is 22.1 Å². The van der Waals surface area contributed by atoms with E-state index in [2.05, 4.69) is 29.3 Å². The Balaban J connectivity index is 0.00000162. The van der Waals surface area contributed by atoms with Gasteiger partial charge in [0.05, 0.1) is 12.5 Å². The van der Waals surface area contributed by atoms with Crippen molar-refractivity contribution in [2.24, 2.45) is 11.7 Å². The van der Waals surface area contributed by atoms with Crippen LogP contribution < -0.4 is 23.1 Å². The number of rotatable bonds is 5. The van der Waals surface area contributed by atoms with Crippen molar-refractivity contribution in [3.8, 4) is 0 Å². The van der Waals surface area contributed by atoms with Crippen LogP contribution in [0.2, 0.25) is 0 Å². The minimum atomic E-state index is 0. The van der Waals surface area contributed by atoms with E-state index in [1.54, 1.807) is 7.11 Å². The van der Waals surface area contributed by atoms with Gasteiger partial charge in [0.2, 0.25) is 5.84 Å². The molecule has 18 heavy (non-hydrogen) atoms. The van der Waals surface area contributed by atoms with Crippen LogP contribution >= 0.6 is 0 Å². The Labute approximate surface area is 115 Å². The third kappa shape index (κ3) is 3.47. The highest BCUT2D eigenvalue weighted by Crippen LogP contribution is 2.28. The van der Waals surface area contributed by atoms with E-state index < -0.39 is 0 Å². The lowest BCUT2D eigenvalue weighted by atomic mass is 9.84. The zero-order valence-corrected chi connectivity index (χ0v) is 11.5. The number of hydrogen-bond acceptors (Lipinski definition) is 2. The number of hydrogen-bond donors (Lipinski definition) is 2. The fourth-order valence-corrected chi connectivity index (χ4v) is 2.60. The van der Waals surface area contributed by atoms with Gasteiger partial charge in [-0.15, -0.1) is 0 Å². The monoisotopic (exact) mass is 268 g/mol. The summed E-state index contributed by atoms with van der Waals surface area (Å²) in [7, 11) is 1.75. The summed E-state index contributed by atoms with van der Waals surface area (Å²) in [5, 5.41) is 0. The Morgan fingerprint density at radius 2 is 2.06 bits per heavy atom. The highest BCUT2D eigenvalue weighted by atomic mass is 35.5. The van der Waals surface area contributed by atoms with Gasteiger partial charge >= 0.3 is 0 Å². The minimum absolute atomic E-state index is 0. The first kappa shape index (κ1) is 15.0. The van der Waals surface area contributed by atoms with E-state index >= 15 is 0 Å². The van der Waals surface area contributed by atoms with Crippen molar-refractivity contribution in [2.75, 3.05) is 20.3 Å². The minimum Gasteiger partial charge on any atom is -1.00 e. The third-order valence-corrected chi connectivity index (χ3v) is 3.46. The van der Waals surface area contributed by atoms with Gasteiger partial charge in [0.15, 0.2) is 0 Å². The highest BCUT2D eigenvalue weighted by Gasteiger charge is 2.34. The van der Waals surface area contributed by atoms with Crippen LogP contribution in [0.5, 0.6) is 0 Å². The molecule has 0 fully saturated rings. The molecule has 3 N–H and O–H groups in total. The molecule has 1 heterocycles. The van der Waals surface area contributed by atoms with Crippen LogP contribution in [-0.2, 0) is 4.74 Å². The maximum absolute atomic E-state index is 6.08. The maximum atomic E-state index is 6.08. The SMILES string of the molecule is COCCC[C@H]1C[NH+]=C(N)[C@@H]1c1ccccc1.[Cl-]. The Kier molecular flexibility index (Phi) is 6.16. The lowest BCUT2D eigenvalue weighted by molar-refractivity contribution is -0.454. The summed E-state index contributed by atoms with van der Waals surface area (Å²) >= 11 is 0. The van der Waals surface area contributed by atoms with Crippen LogP contribution in [0, 0.1) is 5.92 Å². The summed E-state index contributed by atoms with van der Waals surface area (Å²) in [6.07, 6.45) is 2.25. The molecular weight excluding hydrogens is 248 g/mol. The normalized spacial score (nSPS) is 22.4. The standard InChI is InChI=1S/C14H20N2O.ClH/c1-17-9-5-8-12-10-16-14(15)13(12)11-6-3-2-4-7-11;/h2-4,6-7,12-13H,5,8-10H2,1H3,(H2,15,16);1H/t12-,13+;/m0./s1. The summed E-state index contributed by atoms with van der Waals surface area (Å²) in [5.41, 5.74) is 7.40. The predicted octanol–water partition coefficient (Wildman–Crippen LogP) is -2.73. The smallest absolute Gasteiger partial charge is 0.248 e. The lowest BCUT2D eigenvalue weighted by Crippen LogP contribution is -3.00. The third-order valence-electron chi connectivity index (χ3n) is 3.46. The first-order valence-electron chi connectivity index (χ1n) is 6.23. The van der Waals surface area contributed by atoms with Crippen LogP contribution in [0.1, 0.15) is 24.3 Å². The van der Waals surface area contributed by atoms with E-state index in [0.717, 1.165) is 31.8 Å². The Hall–Kier alpha value is -1.06. The van der Waals surface area contributed by atoms with Crippen LogP contribution in [0.25, 0.3) is 0 Å². The van der Waals surface area contributed by atoms with Crippen LogP contribution in [0.4, 0.5) is 0 Å². The molecule has 0 aliphatic carbocycles. The maximum Gasteiger partial charge on any atom is 0.248 e. The fraction of sp³-hybridized carbons (Fsp3) is 0.500. The quantitative estimate of drug-likeness (QED) is 0.570. The second-order valence-corrected chi connectivity index (χ2v) is 4.62. The Morgan fingerprint density at radius 1 is 1.33 bits per heavy atom. The van der Waals surface area contributed by atoms with Gasteiger partial charge < -0.3 is 17.1 Å². The zero-order valence-electron chi connectivity index (χ0n) is 10.7. The molecule has 0 bridgehead atoms. The second kappa shape index (κ2) is 7.39. The van der Waals surface area contributed by atoms with Gasteiger partial charge in [-0.2, -0.15) is 0 Å². The Morgan fingerprint density at radius 3 is 2.72 bits per heavy atom. The number of amidine groups is 1. The first-order valence-corrected chi connectivity index (χ1v) is 6.23. The van der Waals surface area contributed by atoms with Crippen molar-refractivity contribution in [2.45, 2.75) is 18.8 Å². The van der Waals surface area contributed by atoms with E-state index in [1.807, 2.05) is 6.07 Å². The molecule has 3 nitrogen and oxygen atoms in total. The number of methoxy groups -OCH3 is 1. The average molecular weight is 269 g/mol. The van der Waals surface area contributed by atoms with Crippen LogP contribution in [0.3, 0.4) is 0 Å². The molecule has 4 heteroatoms. The number of benzene rings is 1. The van der Waals surface area contributed by atoms with E-state index in [-0.39, 0.29) is 12.4 Å². The number of ether oxygens (including phenoxy) is 1. The topological polar surface area (TPSA) is 49.2 Å². The molecule has 1 aromatic rings. The van der Waals surface area contributed by atoms with Crippen LogP contribution in [-0.4, -0.2) is 26.1 Å². The van der Waals surface area contributed by atoms with E-state index in [0.29, 0.717) is 11.8 Å². The number of nitrogens with one attached hydrogen (secondary N) is 1.